The SMILES string of the molecule is COc1cc(-c2cc3cc(CN4CCOCC4)ccc3[nH]2)c2c(c1OS(C)(=O)=O)CNC2=O. The van der Waals surface area contributed by atoms with Crippen LogP contribution in [0.5, 0.6) is 11.5 Å². The highest BCUT2D eigenvalue weighted by molar-refractivity contribution is 7.86. The molecule has 0 unspecified atom stereocenters. The van der Waals surface area contributed by atoms with Gasteiger partial charge in [-0.15, -0.1) is 0 Å². The maximum absolute atomic E-state index is 12.7. The summed E-state index contributed by atoms with van der Waals surface area (Å²) in [5, 5.41) is 3.79. The molecule has 1 fully saturated rings. The second kappa shape index (κ2) is 8.36. The Kier molecular flexibility index (Phi) is 5.51. The molecule has 0 radical (unpaired) electrons. The molecular formula is C23H25N3O6S. The van der Waals surface area contributed by atoms with Crippen LogP contribution in [-0.4, -0.2) is 63.9 Å². The van der Waals surface area contributed by atoms with Gasteiger partial charge in [0.05, 0.1) is 32.1 Å². The van der Waals surface area contributed by atoms with Gasteiger partial charge in [0.25, 0.3) is 5.91 Å². The van der Waals surface area contributed by atoms with E-state index < -0.39 is 10.1 Å². The van der Waals surface area contributed by atoms with Gasteiger partial charge < -0.3 is 24.0 Å². The van der Waals surface area contributed by atoms with E-state index in [2.05, 4.69) is 27.3 Å². The number of hydrogen-bond acceptors (Lipinski definition) is 7. The van der Waals surface area contributed by atoms with Crippen molar-refractivity contribution in [3.05, 3.63) is 47.0 Å². The molecule has 33 heavy (non-hydrogen) atoms. The fourth-order valence-corrected chi connectivity index (χ4v) is 4.91. The lowest BCUT2D eigenvalue weighted by molar-refractivity contribution is 0.0342. The zero-order valence-electron chi connectivity index (χ0n) is 18.4. The van der Waals surface area contributed by atoms with Crippen LogP contribution in [0, 0.1) is 0 Å². The highest BCUT2D eigenvalue weighted by Gasteiger charge is 2.32. The minimum atomic E-state index is -3.80. The van der Waals surface area contributed by atoms with Crippen LogP contribution >= 0.6 is 0 Å². The Balaban J connectivity index is 1.56. The minimum absolute atomic E-state index is 0.0426. The molecule has 3 heterocycles. The smallest absolute Gasteiger partial charge is 0.306 e. The minimum Gasteiger partial charge on any atom is -0.493 e. The average Bonchev–Trinajstić information content (AvgIpc) is 3.37. The lowest BCUT2D eigenvalue weighted by atomic mass is 9.98. The number of nitrogens with one attached hydrogen (secondary N) is 2. The van der Waals surface area contributed by atoms with Gasteiger partial charge in [0, 0.05) is 53.9 Å². The largest absolute Gasteiger partial charge is 0.493 e. The normalized spacial score (nSPS) is 16.6. The topological polar surface area (TPSA) is 110 Å². The number of rotatable bonds is 6. The van der Waals surface area contributed by atoms with Crippen LogP contribution in [0.15, 0.2) is 30.3 Å². The van der Waals surface area contributed by atoms with Gasteiger partial charge in [0.1, 0.15) is 0 Å². The van der Waals surface area contributed by atoms with Gasteiger partial charge in [-0.25, -0.2) is 0 Å². The molecule has 1 aromatic heterocycles. The monoisotopic (exact) mass is 471 g/mol. The van der Waals surface area contributed by atoms with E-state index in [0.29, 0.717) is 16.7 Å². The van der Waals surface area contributed by atoms with E-state index >= 15 is 0 Å². The van der Waals surface area contributed by atoms with Gasteiger partial charge in [-0.3, -0.25) is 9.69 Å². The molecule has 2 aliphatic heterocycles. The predicted octanol–water partition coefficient (Wildman–Crippen LogP) is 2.26. The lowest BCUT2D eigenvalue weighted by Crippen LogP contribution is -2.35. The first-order chi connectivity index (χ1) is 15.8. The number of aromatic amines is 1. The molecule has 0 saturated carbocycles. The molecule has 2 aromatic carbocycles. The third kappa shape index (κ3) is 4.29. The summed E-state index contributed by atoms with van der Waals surface area (Å²) in [5.74, 6) is 0.00557. The summed E-state index contributed by atoms with van der Waals surface area (Å²) in [7, 11) is -2.36. The fourth-order valence-electron chi connectivity index (χ4n) is 4.43. The van der Waals surface area contributed by atoms with Crippen LogP contribution in [0.25, 0.3) is 22.2 Å². The van der Waals surface area contributed by atoms with Crippen LogP contribution in [-0.2, 0) is 27.9 Å². The van der Waals surface area contributed by atoms with E-state index in [1.807, 2.05) is 12.1 Å². The number of ether oxygens (including phenoxy) is 2. The van der Waals surface area contributed by atoms with Crippen molar-refractivity contribution in [3.8, 4) is 22.8 Å². The van der Waals surface area contributed by atoms with Crippen LogP contribution in [0.2, 0.25) is 0 Å². The van der Waals surface area contributed by atoms with E-state index in [4.69, 9.17) is 13.7 Å². The van der Waals surface area contributed by atoms with Crippen molar-refractivity contribution < 1.29 is 26.9 Å². The van der Waals surface area contributed by atoms with E-state index in [0.717, 1.165) is 55.7 Å². The molecule has 1 saturated heterocycles. The van der Waals surface area contributed by atoms with Crippen molar-refractivity contribution >= 4 is 26.9 Å². The van der Waals surface area contributed by atoms with Crippen LogP contribution in [0.1, 0.15) is 21.5 Å². The molecule has 0 spiro atoms. The van der Waals surface area contributed by atoms with Crippen molar-refractivity contribution in [1.82, 2.24) is 15.2 Å². The number of carbonyl (C=O) groups is 1. The van der Waals surface area contributed by atoms with Gasteiger partial charge in [-0.2, -0.15) is 8.42 Å². The third-order valence-corrected chi connectivity index (χ3v) is 6.41. The van der Waals surface area contributed by atoms with Gasteiger partial charge in [-0.1, -0.05) is 6.07 Å². The summed E-state index contributed by atoms with van der Waals surface area (Å²) in [6, 6.07) is 9.91. The first-order valence-electron chi connectivity index (χ1n) is 10.7. The third-order valence-electron chi connectivity index (χ3n) is 5.94. The van der Waals surface area contributed by atoms with Crippen molar-refractivity contribution in [2.45, 2.75) is 13.1 Å². The number of carbonyl (C=O) groups excluding carboxylic acids is 1. The molecular weight excluding hydrogens is 446 g/mol. The summed E-state index contributed by atoms with van der Waals surface area (Å²) < 4.78 is 39.6. The second-order valence-corrected chi connectivity index (χ2v) is 9.85. The number of H-pyrrole nitrogens is 1. The van der Waals surface area contributed by atoms with Gasteiger partial charge in [0.2, 0.25) is 0 Å². The Labute approximate surface area is 191 Å². The Morgan fingerprint density at radius 1 is 1.15 bits per heavy atom. The predicted molar refractivity (Wildman–Crippen MR) is 123 cm³/mol. The van der Waals surface area contributed by atoms with Crippen LogP contribution in [0.4, 0.5) is 0 Å². The van der Waals surface area contributed by atoms with Crippen molar-refractivity contribution in [2.24, 2.45) is 0 Å². The number of amides is 1. The molecule has 0 bridgehead atoms. The molecule has 0 atom stereocenters. The number of fused-ring (bicyclic) bond motifs is 2. The zero-order chi connectivity index (χ0) is 23.2. The maximum Gasteiger partial charge on any atom is 0.306 e. The number of hydrogen-bond donors (Lipinski definition) is 2. The molecule has 2 N–H and O–H groups in total. The Morgan fingerprint density at radius 2 is 1.94 bits per heavy atom. The number of methoxy groups -OCH3 is 1. The van der Waals surface area contributed by atoms with Gasteiger partial charge in [0.15, 0.2) is 11.5 Å². The molecule has 5 rings (SSSR count). The maximum atomic E-state index is 12.7. The van der Waals surface area contributed by atoms with Crippen molar-refractivity contribution in [3.63, 3.8) is 0 Å². The first kappa shape index (κ1) is 21.7. The molecule has 10 heteroatoms. The fraction of sp³-hybridized carbons (Fsp3) is 0.348. The van der Waals surface area contributed by atoms with E-state index in [-0.39, 0.29) is 24.0 Å². The lowest BCUT2D eigenvalue weighted by Gasteiger charge is -2.26. The number of nitrogens with zero attached hydrogens (tertiary/aromatic N) is 1. The molecule has 9 nitrogen and oxygen atoms in total. The van der Waals surface area contributed by atoms with Crippen molar-refractivity contribution in [2.75, 3.05) is 39.7 Å². The second-order valence-electron chi connectivity index (χ2n) is 8.27. The summed E-state index contributed by atoms with van der Waals surface area (Å²) >= 11 is 0. The van der Waals surface area contributed by atoms with Crippen molar-refractivity contribution in [1.29, 1.82) is 0 Å². The Morgan fingerprint density at radius 3 is 2.67 bits per heavy atom. The van der Waals surface area contributed by atoms with Gasteiger partial charge in [-0.05, 0) is 29.8 Å². The Hall–Kier alpha value is -3.08. The summed E-state index contributed by atoms with van der Waals surface area (Å²) in [5.41, 5.74) is 4.36. The molecule has 1 amide bonds. The first-order valence-corrected chi connectivity index (χ1v) is 12.5. The van der Waals surface area contributed by atoms with Crippen LogP contribution < -0.4 is 14.2 Å². The number of benzene rings is 2. The van der Waals surface area contributed by atoms with Crippen LogP contribution in [0.3, 0.4) is 0 Å². The summed E-state index contributed by atoms with van der Waals surface area (Å²) in [6.07, 6.45) is 0.961. The highest BCUT2D eigenvalue weighted by atomic mass is 32.2. The number of aromatic nitrogens is 1. The molecule has 0 aliphatic carbocycles. The van der Waals surface area contributed by atoms with E-state index in [1.165, 1.54) is 12.7 Å². The Bertz CT molecular complexity index is 1340. The standard InChI is InChI=1S/C23H25N3O6S/c1-30-20-11-16(21-17(12-24-23(21)27)22(20)32-33(2,28)29)19-10-15-9-14(3-4-18(15)25-19)13-26-5-7-31-8-6-26/h3-4,9-11,25H,5-8,12-13H2,1-2H3,(H,24,27). The quantitative estimate of drug-likeness (QED) is 0.531. The number of morpholine rings is 1. The summed E-state index contributed by atoms with van der Waals surface area (Å²) in [4.78, 5) is 18.4. The molecule has 3 aromatic rings. The summed E-state index contributed by atoms with van der Waals surface area (Å²) in [6.45, 7) is 4.35. The molecule has 2 aliphatic rings. The zero-order valence-corrected chi connectivity index (χ0v) is 19.3. The van der Waals surface area contributed by atoms with Gasteiger partial charge >= 0.3 is 10.1 Å². The van der Waals surface area contributed by atoms with E-state index in [1.54, 1.807) is 6.07 Å². The average molecular weight is 472 g/mol. The van der Waals surface area contributed by atoms with E-state index in [9.17, 15) is 13.2 Å². The highest BCUT2D eigenvalue weighted by Crippen LogP contribution is 2.43. The molecule has 174 valence electrons.